The van der Waals surface area contributed by atoms with Crippen LogP contribution < -0.4 is 5.73 Å². The molecule has 82 valence electrons. The van der Waals surface area contributed by atoms with Crippen LogP contribution in [0.2, 0.25) is 0 Å². The Labute approximate surface area is 86.3 Å². The first-order valence-corrected chi connectivity index (χ1v) is 5.91. The summed E-state index contributed by atoms with van der Waals surface area (Å²) in [6.45, 7) is 2.55. The van der Waals surface area contributed by atoms with Crippen LogP contribution in [0.15, 0.2) is 0 Å². The van der Waals surface area contributed by atoms with E-state index in [0.29, 0.717) is 24.6 Å². The summed E-state index contributed by atoms with van der Waals surface area (Å²) in [4.78, 5) is 2.50. The van der Waals surface area contributed by atoms with Gasteiger partial charge in [0.05, 0.1) is 0 Å². The van der Waals surface area contributed by atoms with E-state index < -0.39 is 0 Å². The third-order valence-corrected chi connectivity index (χ3v) is 3.83. The van der Waals surface area contributed by atoms with Gasteiger partial charge in [-0.25, -0.2) is 0 Å². The van der Waals surface area contributed by atoms with Gasteiger partial charge in [-0.2, -0.15) is 0 Å². The zero-order valence-electron chi connectivity index (χ0n) is 8.86. The topological polar surface area (TPSA) is 49.5 Å². The highest BCUT2D eigenvalue weighted by atomic mass is 16.3. The number of nitrogens with zero attached hydrogens (tertiary/aromatic N) is 1. The zero-order chi connectivity index (χ0) is 9.97. The number of nitrogens with two attached hydrogens (primary N) is 1. The second-order valence-electron chi connectivity index (χ2n) is 4.85. The fourth-order valence-electron chi connectivity index (χ4n) is 2.91. The molecule has 1 saturated carbocycles. The highest BCUT2D eigenvalue weighted by molar-refractivity contribution is 4.89. The van der Waals surface area contributed by atoms with Crippen molar-refractivity contribution in [2.45, 2.75) is 44.2 Å². The Morgan fingerprint density at radius 1 is 1.21 bits per heavy atom. The molecule has 2 fully saturated rings. The van der Waals surface area contributed by atoms with E-state index in [1.807, 2.05) is 0 Å². The zero-order valence-corrected chi connectivity index (χ0v) is 8.86. The molecule has 1 saturated heterocycles. The molecule has 2 aliphatic rings. The molecule has 14 heavy (non-hydrogen) atoms. The number of hydrogen-bond donors (Lipinski definition) is 2. The van der Waals surface area contributed by atoms with Crippen LogP contribution in [0.5, 0.6) is 0 Å². The van der Waals surface area contributed by atoms with Crippen LogP contribution in [0.3, 0.4) is 0 Å². The molecule has 1 heterocycles. The molecule has 3 N–H and O–H groups in total. The highest BCUT2D eigenvalue weighted by Gasteiger charge is 2.32. The van der Waals surface area contributed by atoms with Gasteiger partial charge in [0, 0.05) is 25.2 Å². The molecule has 0 radical (unpaired) electrons. The summed E-state index contributed by atoms with van der Waals surface area (Å²) in [7, 11) is 0. The van der Waals surface area contributed by atoms with Crippen molar-refractivity contribution < 1.29 is 5.11 Å². The van der Waals surface area contributed by atoms with Crippen molar-refractivity contribution in [2.75, 3.05) is 19.7 Å². The first kappa shape index (κ1) is 10.4. The van der Waals surface area contributed by atoms with Crippen LogP contribution in [-0.4, -0.2) is 41.8 Å². The van der Waals surface area contributed by atoms with Gasteiger partial charge in [0.25, 0.3) is 0 Å². The second kappa shape index (κ2) is 4.60. The second-order valence-corrected chi connectivity index (χ2v) is 4.85. The van der Waals surface area contributed by atoms with E-state index in [1.165, 1.54) is 25.7 Å². The third kappa shape index (κ3) is 2.10. The fourth-order valence-corrected chi connectivity index (χ4v) is 2.91. The summed E-state index contributed by atoms with van der Waals surface area (Å²) in [5.41, 5.74) is 6.14. The molecule has 3 heteroatoms. The summed E-state index contributed by atoms with van der Waals surface area (Å²) in [6.07, 6.45) is 6.23. The van der Waals surface area contributed by atoms with E-state index in [0.717, 1.165) is 19.5 Å². The molecular weight excluding hydrogens is 176 g/mol. The Kier molecular flexibility index (Phi) is 3.42. The predicted molar refractivity (Wildman–Crippen MR) is 57.0 cm³/mol. The highest BCUT2D eigenvalue weighted by Crippen LogP contribution is 2.26. The van der Waals surface area contributed by atoms with Crippen LogP contribution in [0.1, 0.15) is 32.1 Å². The van der Waals surface area contributed by atoms with Crippen LogP contribution in [0, 0.1) is 5.92 Å². The van der Waals surface area contributed by atoms with Gasteiger partial charge in [0.15, 0.2) is 0 Å². The van der Waals surface area contributed by atoms with Crippen molar-refractivity contribution in [1.29, 1.82) is 0 Å². The molecular formula is C11H22N2O. The molecule has 0 aromatic heterocycles. The minimum Gasteiger partial charge on any atom is -0.396 e. The van der Waals surface area contributed by atoms with E-state index in [2.05, 4.69) is 4.90 Å². The lowest BCUT2D eigenvalue weighted by Gasteiger charge is -2.36. The summed E-state index contributed by atoms with van der Waals surface area (Å²) in [5.74, 6) is 0.504. The molecule has 1 aliphatic heterocycles. The average Bonchev–Trinajstić information content (AvgIpc) is 2.67. The number of rotatable bonds is 2. The molecule has 0 aromatic carbocycles. The standard InChI is InChI=1S/C11H22N2O/c12-10-3-1-2-4-11(10)13-6-5-9(7-13)8-14/h9-11,14H,1-8,12H2. The van der Waals surface area contributed by atoms with Gasteiger partial charge in [-0.05, 0) is 31.7 Å². The monoisotopic (exact) mass is 198 g/mol. The SMILES string of the molecule is NC1CCCCC1N1CCC(CO)C1. The third-order valence-electron chi connectivity index (χ3n) is 3.83. The lowest BCUT2D eigenvalue weighted by atomic mass is 9.90. The number of hydrogen-bond acceptors (Lipinski definition) is 3. The van der Waals surface area contributed by atoms with Crippen molar-refractivity contribution in [3.8, 4) is 0 Å². The summed E-state index contributed by atoms with van der Waals surface area (Å²) in [6, 6.07) is 0.974. The Morgan fingerprint density at radius 3 is 2.64 bits per heavy atom. The first-order valence-electron chi connectivity index (χ1n) is 5.91. The van der Waals surface area contributed by atoms with Gasteiger partial charge in [-0.3, -0.25) is 4.90 Å². The lowest BCUT2D eigenvalue weighted by molar-refractivity contribution is 0.152. The van der Waals surface area contributed by atoms with Gasteiger partial charge in [0.1, 0.15) is 0 Å². The predicted octanol–water partition coefficient (Wildman–Crippen LogP) is 0.570. The van der Waals surface area contributed by atoms with Crippen molar-refractivity contribution in [3.63, 3.8) is 0 Å². The molecule has 0 bridgehead atoms. The Hall–Kier alpha value is -0.120. The molecule has 0 aromatic rings. The summed E-state index contributed by atoms with van der Waals surface area (Å²) < 4.78 is 0. The van der Waals surface area contributed by atoms with Gasteiger partial charge >= 0.3 is 0 Å². The van der Waals surface area contributed by atoms with E-state index in [4.69, 9.17) is 10.8 Å². The average molecular weight is 198 g/mol. The number of aliphatic hydroxyl groups excluding tert-OH is 1. The van der Waals surface area contributed by atoms with Gasteiger partial charge in [-0.15, -0.1) is 0 Å². The van der Waals surface area contributed by atoms with Crippen molar-refractivity contribution in [3.05, 3.63) is 0 Å². The largest absolute Gasteiger partial charge is 0.396 e. The smallest absolute Gasteiger partial charge is 0.0471 e. The quantitative estimate of drug-likeness (QED) is 0.682. The molecule has 3 unspecified atom stereocenters. The lowest BCUT2D eigenvalue weighted by Crippen LogP contribution is -2.48. The minimum absolute atomic E-state index is 0.346. The van der Waals surface area contributed by atoms with E-state index in [-0.39, 0.29) is 0 Å². The summed E-state index contributed by atoms with van der Waals surface area (Å²) in [5, 5.41) is 9.09. The molecule has 2 rings (SSSR count). The summed E-state index contributed by atoms with van der Waals surface area (Å²) >= 11 is 0. The van der Waals surface area contributed by atoms with Crippen molar-refractivity contribution >= 4 is 0 Å². The van der Waals surface area contributed by atoms with Crippen LogP contribution in [0.4, 0.5) is 0 Å². The molecule has 0 amide bonds. The van der Waals surface area contributed by atoms with Crippen LogP contribution in [0.25, 0.3) is 0 Å². The first-order chi connectivity index (χ1) is 6.81. The molecule has 1 aliphatic carbocycles. The maximum atomic E-state index is 9.09. The number of likely N-dealkylation sites (tertiary alicyclic amines) is 1. The van der Waals surface area contributed by atoms with Crippen molar-refractivity contribution in [1.82, 2.24) is 4.90 Å². The molecule has 3 atom stereocenters. The Balaban J connectivity index is 1.88. The van der Waals surface area contributed by atoms with E-state index in [1.54, 1.807) is 0 Å². The maximum Gasteiger partial charge on any atom is 0.0471 e. The van der Waals surface area contributed by atoms with Crippen LogP contribution >= 0.6 is 0 Å². The van der Waals surface area contributed by atoms with Gasteiger partial charge < -0.3 is 10.8 Å². The van der Waals surface area contributed by atoms with E-state index in [9.17, 15) is 0 Å². The number of aliphatic hydroxyl groups is 1. The Bertz CT molecular complexity index is 186. The van der Waals surface area contributed by atoms with Gasteiger partial charge in [0.2, 0.25) is 0 Å². The maximum absolute atomic E-state index is 9.09. The van der Waals surface area contributed by atoms with Crippen molar-refractivity contribution in [2.24, 2.45) is 11.7 Å². The van der Waals surface area contributed by atoms with Crippen LogP contribution in [-0.2, 0) is 0 Å². The Morgan fingerprint density at radius 2 is 2.00 bits per heavy atom. The minimum atomic E-state index is 0.346. The normalized spacial score (nSPS) is 40.3. The van der Waals surface area contributed by atoms with E-state index >= 15 is 0 Å². The molecule has 0 spiro atoms. The van der Waals surface area contributed by atoms with Gasteiger partial charge in [-0.1, -0.05) is 12.8 Å². The molecule has 3 nitrogen and oxygen atoms in total. The fraction of sp³-hybridized carbons (Fsp3) is 1.00.